The second kappa shape index (κ2) is 9.11. The fraction of sp³-hybridized carbons (Fsp3) is 0.0952. The number of sulfonamides is 1. The van der Waals surface area contributed by atoms with Gasteiger partial charge in [0.2, 0.25) is 0 Å². The van der Waals surface area contributed by atoms with Gasteiger partial charge < -0.3 is 5.32 Å². The number of hydrogen-bond acceptors (Lipinski definition) is 4. The van der Waals surface area contributed by atoms with Gasteiger partial charge in [-0.15, -0.1) is 11.8 Å². The smallest absolute Gasteiger partial charge is 0.261 e. The molecule has 5 nitrogen and oxygen atoms in total. The van der Waals surface area contributed by atoms with Crippen LogP contribution in [0, 0.1) is 5.82 Å². The molecule has 0 aliphatic carbocycles. The van der Waals surface area contributed by atoms with Gasteiger partial charge in [-0.2, -0.15) is 0 Å². The van der Waals surface area contributed by atoms with Crippen molar-refractivity contribution in [2.75, 3.05) is 11.0 Å². The zero-order valence-corrected chi connectivity index (χ0v) is 17.2. The van der Waals surface area contributed by atoms with Gasteiger partial charge in [0.25, 0.3) is 15.9 Å². The lowest BCUT2D eigenvalue weighted by atomic mass is 10.1. The van der Waals surface area contributed by atoms with Crippen molar-refractivity contribution in [2.45, 2.75) is 16.3 Å². The zero-order valence-electron chi connectivity index (χ0n) is 15.6. The molecule has 0 bridgehead atoms. The summed E-state index contributed by atoms with van der Waals surface area (Å²) in [5.41, 5.74) is 1.07. The van der Waals surface area contributed by atoms with Crippen molar-refractivity contribution in [3.05, 3.63) is 89.7 Å². The summed E-state index contributed by atoms with van der Waals surface area (Å²) in [4.78, 5) is 13.4. The Bertz CT molecular complexity index is 1100. The Morgan fingerprint density at radius 1 is 0.966 bits per heavy atom. The van der Waals surface area contributed by atoms with E-state index in [4.69, 9.17) is 0 Å². The minimum Gasteiger partial charge on any atom is -0.348 e. The first-order valence-electron chi connectivity index (χ1n) is 8.67. The number of amides is 1. The summed E-state index contributed by atoms with van der Waals surface area (Å²) in [6.07, 6.45) is 1.91. The maximum absolute atomic E-state index is 13.6. The summed E-state index contributed by atoms with van der Waals surface area (Å²) in [6.45, 7) is 0.0614. The molecule has 0 atom stereocenters. The van der Waals surface area contributed by atoms with Crippen LogP contribution in [0.5, 0.6) is 0 Å². The topological polar surface area (TPSA) is 75.3 Å². The van der Waals surface area contributed by atoms with Crippen LogP contribution in [-0.2, 0) is 16.6 Å². The van der Waals surface area contributed by atoms with Gasteiger partial charge in [-0.05, 0) is 60.9 Å². The number of carbonyl (C=O) groups excluding carboxylic acids is 1. The Labute approximate surface area is 173 Å². The van der Waals surface area contributed by atoms with Crippen LogP contribution in [0.25, 0.3) is 0 Å². The monoisotopic (exact) mass is 430 g/mol. The molecule has 3 aromatic rings. The predicted molar refractivity (Wildman–Crippen MR) is 113 cm³/mol. The first-order valence-corrected chi connectivity index (χ1v) is 11.4. The van der Waals surface area contributed by atoms with Crippen molar-refractivity contribution in [2.24, 2.45) is 0 Å². The molecule has 0 radical (unpaired) electrons. The van der Waals surface area contributed by atoms with Gasteiger partial charge in [0, 0.05) is 28.3 Å². The van der Waals surface area contributed by atoms with E-state index in [0.29, 0.717) is 16.8 Å². The van der Waals surface area contributed by atoms with E-state index in [1.54, 1.807) is 42.5 Å². The van der Waals surface area contributed by atoms with E-state index in [1.807, 2.05) is 6.26 Å². The highest BCUT2D eigenvalue weighted by Crippen LogP contribution is 2.20. The number of anilines is 1. The van der Waals surface area contributed by atoms with Crippen LogP contribution in [0.2, 0.25) is 0 Å². The minimum atomic E-state index is -3.72. The maximum Gasteiger partial charge on any atom is 0.261 e. The van der Waals surface area contributed by atoms with Crippen LogP contribution in [-0.4, -0.2) is 20.6 Å². The fourth-order valence-corrected chi connectivity index (χ4v) is 4.04. The van der Waals surface area contributed by atoms with Gasteiger partial charge in [0.15, 0.2) is 0 Å². The number of halogens is 1. The lowest BCUT2D eigenvalue weighted by Gasteiger charge is -2.10. The second-order valence-electron chi connectivity index (χ2n) is 6.13. The molecule has 1 amide bonds. The third-order valence-electron chi connectivity index (χ3n) is 4.17. The number of hydrogen-bond donors (Lipinski definition) is 2. The number of carbonyl (C=O) groups is 1. The molecular formula is C21H19FN2O3S2. The van der Waals surface area contributed by atoms with E-state index >= 15 is 0 Å². The first kappa shape index (κ1) is 20.9. The molecule has 0 fully saturated rings. The number of thioether (sulfide) groups is 1. The van der Waals surface area contributed by atoms with Gasteiger partial charge in [-0.25, -0.2) is 12.8 Å². The molecule has 2 N–H and O–H groups in total. The molecule has 0 aliphatic heterocycles. The first-order chi connectivity index (χ1) is 13.9. The summed E-state index contributed by atoms with van der Waals surface area (Å²) in [5.74, 6) is -0.765. The van der Waals surface area contributed by atoms with Gasteiger partial charge in [0.1, 0.15) is 5.82 Å². The summed E-state index contributed by atoms with van der Waals surface area (Å²) in [6, 6.07) is 18.8. The van der Waals surface area contributed by atoms with E-state index in [2.05, 4.69) is 10.0 Å². The highest BCUT2D eigenvalue weighted by Gasteiger charge is 2.14. The van der Waals surface area contributed by atoms with Crippen LogP contribution >= 0.6 is 11.8 Å². The predicted octanol–water partition coefficient (Wildman–Crippen LogP) is 4.28. The SMILES string of the molecule is CSc1ccc(S(=O)(=O)Nc2ccc(C(=O)NCc3ccccc3F)cc2)cc1. The molecule has 0 saturated carbocycles. The molecule has 150 valence electrons. The average Bonchev–Trinajstić information content (AvgIpc) is 2.73. The molecule has 0 unspecified atom stereocenters. The minimum absolute atomic E-state index is 0.0614. The van der Waals surface area contributed by atoms with E-state index in [1.165, 1.54) is 42.1 Å². The molecule has 8 heteroatoms. The Hall–Kier alpha value is -2.84. The van der Waals surface area contributed by atoms with Crippen molar-refractivity contribution >= 4 is 33.4 Å². The second-order valence-corrected chi connectivity index (χ2v) is 8.69. The van der Waals surface area contributed by atoms with E-state index < -0.39 is 10.0 Å². The standard InChI is InChI=1S/C21H19FN2O3S2/c1-28-18-10-12-19(13-11-18)29(26,27)24-17-8-6-15(7-9-17)21(25)23-14-16-4-2-3-5-20(16)22/h2-13,24H,14H2,1H3,(H,23,25). The van der Waals surface area contributed by atoms with Gasteiger partial charge >= 0.3 is 0 Å². The van der Waals surface area contributed by atoms with Crippen molar-refractivity contribution in [3.8, 4) is 0 Å². The fourth-order valence-electron chi connectivity index (χ4n) is 2.58. The summed E-state index contributed by atoms with van der Waals surface area (Å²) in [7, 11) is -3.72. The third-order valence-corrected chi connectivity index (χ3v) is 6.31. The van der Waals surface area contributed by atoms with E-state index in [9.17, 15) is 17.6 Å². The molecule has 3 aromatic carbocycles. The normalized spacial score (nSPS) is 11.1. The third kappa shape index (κ3) is 5.36. The summed E-state index contributed by atoms with van der Waals surface area (Å²) >= 11 is 1.53. The van der Waals surface area contributed by atoms with Crippen LogP contribution in [0.1, 0.15) is 15.9 Å². The summed E-state index contributed by atoms with van der Waals surface area (Å²) < 4.78 is 41.1. The highest BCUT2D eigenvalue weighted by molar-refractivity contribution is 7.98. The molecule has 0 heterocycles. The molecule has 0 spiro atoms. The van der Waals surface area contributed by atoms with Gasteiger partial charge in [-0.3, -0.25) is 9.52 Å². The van der Waals surface area contributed by atoms with Crippen LogP contribution in [0.4, 0.5) is 10.1 Å². The lowest BCUT2D eigenvalue weighted by Crippen LogP contribution is -2.23. The Kier molecular flexibility index (Phi) is 6.56. The highest BCUT2D eigenvalue weighted by atomic mass is 32.2. The maximum atomic E-state index is 13.6. The Morgan fingerprint density at radius 2 is 1.62 bits per heavy atom. The molecule has 0 aliphatic rings. The van der Waals surface area contributed by atoms with Crippen molar-refractivity contribution in [1.29, 1.82) is 0 Å². The quantitative estimate of drug-likeness (QED) is 0.549. The zero-order chi connectivity index (χ0) is 20.9. The van der Waals surface area contributed by atoms with E-state index in [0.717, 1.165) is 4.90 Å². The largest absolute Gasteiger partial charge is 0.348 e. The van der Waals surface area contributed by atoms with Gasteiger partial charge in [0.05, 0.1) is 4.90 Å². The van der Waals surface area contributed by atoms with Crippen molar-refractivity contribution in [3.63, 3.8) is 0 Å². The Morgan fingerprint density at radius 3 is 2.24 bits per heavy atom. The molecule has 29 heavy (non-hydrogen) atoms. The van der Waals surface area contributed by atoms with Crippen LogP contribution in [0.15, 0.2) is 82.6 Å². The lowest BCUT2D eigenvalue weighted by molar-refractivity contribution is 0.0950. The van der Waals surface area contributed by atoms with Crippen molar-refractivity contribution < 1.29 is 17.6 Å². The van der Waals surface area contributed by atoms with Crippen molar-refractivity contribution in [1.82, 2.24) is 5.32 Å². The van der Waals surface area contributed by atoms with Crippen LogP contribution in [0.3, 0.4) is 0 Å². The molecule has 3 rings (SSSR count). The van der Waals surface area contributed by atoms with Gasteiger partial charge in [-0.1, -0.05) is 18.2 Å². The number of rotatable bonds is 7. The average molecular weight is 431 g/mol. The molecule has 0 aromatic heterocycles. The van der Waals surface area contributed by atoms with Crippen LogP contribution < -0.4 is 10.0 Å². The van der Waals surface area contributed by atoms with E-state index in [-0.39, 0.29) is 23.2 Å². The molecular weight excluding hydrogens is 411 g/mol. The Balaban J connectivity index is 1.64. The summed E-state index contributed by atoms with van der Waals surface area (Å²) in [5, 5.41) is 2.64. The molecule has 0 saturated heterocycles. The number of benzene rings is 3. The number of nitrogens with one attached hydrogen (secondary N) is 2.